The van der Waals surface area contributed by atoms with Crippen LogP contribution in [0.25, 0.3) is 17.0 Å². The Morgan fingerprint density at radius 1 is 1.00 bits per heavy atom. The Hall–Kier alpha value is -3.77. The molecule has 0 bridgehead atoms. The molecule has 2 heterocycles. The van der Waals surface area contributed by atoms with Crippen molar-refractivity contribution in [3.05, 3.63) is 101 Å². The van der Waals surface area contributed by atoms with Crippen LogP contribution in [0.2, 0.25) is 0 Å². The summed E-state index contributed by atoms with van der Waals surface area (Å²) >= 11 is 1.35. The van der Waals surface area contributed by atoms with Gasteiger partial charge in [-0.3, -0.25) is 4.79 Å². The molecular formula is C26H21N3O2S. The van der Waals surface area contributed by atoms with Gasteiger partial charge in [0.15, 0.2) is 5.17 Å². The first-order valence-electron chi connectivity index (χ1n) is 10.2. The highest BCUT2D eigenvalue weighted by molar-refractivity contribution is 8.18. The number of hydrogen-bond donors (Lipinski definition) is 1. The van der Waals surface area contributed by atoms with Gasteiger partial charge in [-0.2, -0.15) is 0 Å². The number of carbonyl (C=O) groups is 1. The SMILES string of the molecule is COc1ccc(N=C2NC(=O)/C(=C\c3cn(Cc4ccccc4)c4ccccc34)S2)cc1. The summed E-state index contributed by atoms with van der Waals surface area (Å²) in [5.74, 6) is 0.631. The van der Waals surface area contributed by atoms with Gasteiger partial charge >= 0.3 is 0 Å². The summed E-state index contributed by atoms with van der Waals surface area (Å²) in [5.41, 5.74) is 4.14. The molecule has 1 fully saturated rings. The number of carbonyl (C=O) groups excluding carboxylic acids is 1. The molecule has 0 radical (unpaired) electrons. The lowest BCUT2D eigenvalue weighted by atomic mass is 10.1. The summed E-state index contributed by atoms with van der Waals surface area (Å²) in [6, 6.07) is 26.0. The van der Waals surface area contributed by atoms with Gasteiger partial charge in [0.05, 0.1) is 17.7 Å². The minimum absolute atomic E-state index is 0.137. The second-order valence-electron chi connectivity index (χ2n) is 7.39. The van der Waals surface area contributed by atoms with Crippen LogP contribution in [-0.2, 0) is 11.3 Å². The van der Waals surface area contributed by atoms with Crippen molar-refractivity contribution < 1.29 is 9.53 Å². The highest BCUT2D eigenvalue weighted by Gasteiger charge is 2.24. The van der Waals surface area contributed by atoms with E-state index in [1.54, 1.807) is 7.11 Å². The molecule has 5 nitrogen and oxygen atoms in total. The van der Waals surface area contributed by atoms with Crippen LogP contribution in [0.4, 0.5) is 5.69 Å². The van der Waals surface area contributed by atoms with E-state index in [0.717, 1.165) is 34.4 Å². The number of hydrogen-bond acceptors (Lipinski definition) is 4. The third-order valence-corrected chi connectivity index (χ3v) is 6.17. The molecule has 4 aromatic rings. The van der Waals surface area contributed by atoms with Crippen LogP contribution >= 0.6 is 11.8 Å². The van der Waals surface area contributed by atoms with Crippen molar-refractivity contribution in [1.29, 1.82) is 0 Å². The van der Waals surface area contributed by atoms with Gasteiger partial charge in [-0.25, -0.2) is 4.99 Å². The van der Waals surface area contributed by atoms with E-state index in [0.29, 0.717) is 10.1 Å². The zero-order valence-electron chi connectivity index (χ0n) is 17.5. The summed E-state index contributed by atoms with van der Waals surface area (Å²) in [6.45, 7) is 0.772. The van der Waals surface area contributed by atoms with Crippen molar-refractivity contribution in [1.82, 2.24) is 9.88 Å². The zero-order valence-corrected chi connectivity index (χ0v) is 18.3. The van der Waals surface area contributed by atoms with E-state index in [1.807, 2.05) is 60.7 Å². The lowest BCUT2D eigenvalue weighted by Crippen LogP contribution is -2.19. The molecule has 5 rings (SSSR count). The molecule has 1 saturated heterocycles. The second kappa shape index (κ2) is 8.77. The molecule has 0 spiro atoms. The average Bonchev–Trinajstić information content (AvgIpc) is 3.35. The van der Waals surface area contributed by atoms with Crippen molar-refractivity contribution >= 4 is 45.5 Å². The molecule has 1 aromatic heterocycles. The second-order valence-corrected chi connectivity index (χ2v) is 8.43. The third kappa shape index (κ3) is 4.18. The number of nitrogens with one attached hydrogen (secondary N) is 1. The number of aromatic nitrogens is 1. The number of ether oxygens (including phenoxy) is 1. The molecule has 1 amide bonds. The quantitative estimate of drug-likeness (QED) is 0.413. The van der Waals surface area contributed by atoms with Crippen LogP contribution < -0.4 is 10.1 Å². The van der Waals surface area contributed by atoms with Crippen molar-refractivity contribution in [2.24, 2.45) is 4.99 Å². The van der Waals surface area contributed by atoms with Crippen LogP contribution in [0.5, 0.6) is 5.75 Å². The van der Waals surface area contributed by atoms with Gasteiger partial charge in [0.1, 0.15) is 5.75 Å². The zero-order chi connectivity index (χ0) is 21.9. The van der Waals surface area contributed by atoms with Crippen molar-refractivity contribution in [2.45, 2.75) is 6.54 Å². The number of rotatable bonds is 5. The molecule has 1 N–H and O–H groups in total. The van der Waals surface area contributed by atoms with Gasteiger partial charge in [-0.05, 0) is 53.7 Å². The van der Waals surface area contributed by atoms with E-state index in [2.05, 4.69) is 45.3 Å². The van der Waals surface area contributed by atoms with Crippen LogP contribution in [0, 0.1) is 0 Å². The van der Waals surface area contributed by atoms with E-state index >= 15 is 0 Å². The standard InChI is InChI=1S/C26H21N3O2S/c1-31-21-13-11-20(12-14-21)27-26-28-25(30)24(32-26)15-19-17-29(16-18-7-3-2-4-8-18)23-10-6-5-9-22(19)23/h2-15,17H,16H2,1H3,(H,27,28,30)/b24-15+. The average molecular weight is 440 g/mol. The molecule has 0 saturated carbocycles. The first-order chi connectivity index (χ1) is 15.7. The van der Waals surface area contributed by atoms with Gasteiger partial charge in [0.25, 0.3) is 5.91 Å². The highest BCUT2D eigenvalue weighted by atomic mass is 32.2. The monoisotopic (exact) mass is 439 g/mol. The summed E-state index contributed by atoms with van der Waals surface area (Å²) < 4.78 is 7.40. The third-order valence-electron chi connectivity index (χ3n) is 5.26. The number of methoxy groups -OCH3 is 1. The molecule has 1 aliphatic rings. The Morgan fingerprint density at radius 3 is 2.53 bits per heavy atom. The summed E-state index contributed by atoms with van der Waals surface area (Å²) in [5, 5.41) is 4.55. The van der Waals surface area contributed by atoms with Gasteiger partial charge in [-0.15, -0.1) is 0 Å². The Labute approximate surface area is 190 Å². The van der Waals surface area contributed by atoms with Crippen molar-refractivity contribution in [2.75, 3.05) is 7.11 Å². The molecule has 3 aromatic carbocycles. The van der Waals surface area contributed by atoms with E-state index in [-0.39, 0.29) is 5.91 Å². The van der Waals surface area contributed by atoms with Crippen molar-refractivity contribution in [3.8, 4) is 5.75 Å². The van der Waals surface area contributed by atoms with Crippen LogP contribution in [0.15, 0.2) is 95.0 Å². The molecule has 0 aliphatic carbocycles. The number of nitrogens with zero attached hydrogens (tertiary/aromatic N) is 2. The number of benzene rings is 3. The van der Waals surface area contributed by atoms with E-state index in [4.69, 9.17) is 4.74 Å². The van der Waals surface area contributed by atoms with Gasteiger partial charge in [-0.1, -0.05) is 48.5 Å². The minimum Gasteiger partial charge on any atom is -0.497 e. The maximum Gasteiger partial charge on any atom is 0.264 e. The van der Waals surface area contributed by atoms with Gasteiger partial charge < -0.3 is 14.6 Å². The van der Waals surface area contributed by atoms with E-state index in [9.17, 15) is 4.79 Å². The number of aliphatic imine (C=N–C) groups is 1. The van der Waals surface area contributed by atoms with Crippen LogP contribution in [0.1, 0.15) is 11.1 Å². The molecular weight excluding hydrogens is 418 g/mol. The first-order valence-corrected chi connectivity index (χ1v) is 11.1. The number of amidine groups is 1. The fraction of sp³-hybridized carbons (Fsp3) is 0.0769. The maximum absolute atomic E-state index is 12.6. The molecule has 0 unspecified atom stereocenters. The van der Waals surface area contributed by atoms with Gasteiger partial charge in [0, 0.05) is 29.2 Å². The first kappa shape index (κ1) is 20.2. The summed E-state index contributed by atoms with van der Waals surface area (Å²) in [6.07, 6.45) is 4.05. The number of thioether (sulfide) groups is 1. The topological polar surface area (TPSA) is 55.6 Å². The van der Waals surface area contributed by atoms with Crippen LogP contribution in [-0.4, -0.2) is 22.8 Å². The number of amides is 1. The Morgan fingerprint density at radius 2 is 1.75 bits per heavy atom. The fourth-order valence-electron chi connectivity index (χ4n) is 3.70. The largest absolute Gasteiger partial charge is 0.497 e. The van der Waals surface area contributed by atoms with Gasteiger partial charge in [0.2, 0.25) is 0 Å². The predicted molar refractivity (Wildman–Crippen MR) is 131 cm³/mol. The number of fused-ring (bicyclic) bond motifs is 1. The Bertz CT molecular complexity index is 1340. The van der Waals surface area contributed by atoms with E-state index in [1.165, 1.54) is 17.3 Å². The smallest absolute Gasteiger partial charge is 0.264 e. The maximum atomic E-state index is 12.6. The molecule has 158 valence electrons. The molecule has 6 heteroatoms. The predicted octanol–water partition coefficient (Wildman–Crippen LogP) is 5.59. The Balaban J connectivity index is 1.44. The summed E-state index contributed by atoms with van der Waals surface area (Å²) in [7, 11) is 1.63. The molecule has 1 aliphatic heterocycles. The van der Waals surface area contributed by atoms with E-state index < -0.39 is 0 Å². The molecule has 0 atom stereocenters. The fourth-order valence-corrected chi connectivity index (χ4v) is 4.53. The lowest BCUT2D eigenvalue weighted by molar-refractivity contribution is -0.115. The minimum atomic E-state index is -0.137. The molecule has 32 heavy (non-hydrogen) atoms. The number of para-hydroxylation sites is 1. The van der Waals surface area contributed by atoms with Crippen LogP contribution in [0.3, 0.4) is 0 Å². The highest BCUT2D eigenvalue weighted by Crippen LogP contribution is 2.31. The summed E-state index contributed by atoms with van der Waals surface area (Å²) in [4.78, 5) is 17.8. The van der Waals surface area contributed by atoms with Crippen molar-refractivity contribution in [3.63, 3.8) is 0 Å². The lowest BCUT2D eigenvalue weighted by Gasteiger charge is -2.05. The Kier molecular flexibility index (Phi) is 5.52. The normalized spacial score (nSPS) is 16.1.